The van der Waals surface area contributed by atoms with Crippen LogP contribution < -0.4 is 5.76 Å². The Morgan fingerprint density at radius 3 is 2.45 bits per heavy atom. The molecular weight excluding hydrogens is 422 g/mol. The molecule has 0 aliphatic carbocycles. The van der Waals surface area contributed by atoms with Gasteiger partial charge in [-0.15, -0.1) is 0 Å². The van der Waals surface area contributed by atoms with Gasteiger partial charge in [0.15, 0.2) is 5.58 Å². The fourth-order valence-electron chi connectivity index (χ4n) is 4.36. The molecule has 10 heteroatoms. The number of rotatable bonds is 5. The Bertz CT molecular complexity index is 1110. The molecule has 170 valence electrons. The number of benzene rings is 1. The van der Waals surface area contributed by atoms with Crippen LogP contribution in [-0.4, -0.2) is 67.5 Å². The van der Waals surface area contributed by atoms with Gasteiger partial charge in [-0.05, 0) is 44.7 Å². The molecule has 2 aliphatic rings. The number of nitrogens with zero attached hydrogens (tertiary/aromatic N) is 3. The molecule has 2 fully saturated rings. The zero-order valence-corrected chi connectivity index (χ0v) is 18.8. The average molecular weight is 452 g/mol. The van der Waals surface area contributed by atoms with Crippen molar-refractivity contribution in [3.63, 3.8) is 0 Å². The maximum Gasteiger partial charge on any atom is 0.420 e. The third-order valence-corrected chi connectivity index (χ3v) is 8.03. The van der Waals surface area contributed by atoms with Gasteiger partial charge in [0.05, 0.1) is 23.6 Å². The summed E-state index contributed by atoms with van der Waals surface area (Å²) in [4.78, 5) is 26.5. The number of carbonyl (C=O) groups is 1. The van der Waals surface area contributed by atoms with E-state index in [4.69, 9.17) is 9.15 Å². The second-order valence-corrected chi connectivity index (χ2v) is 10.4. The van der Waals surface area contributed by atoms with Crippen LogP contribution in [0.2, 0.25) is 0 Å². The smallest absolute Gasteiger partial charge is 0.408 e. The monoisotopic (exact) mass is 451 g/mol. The van der Waals surface area contributed by atoms with Gasteiger partial charge in [-0.1, -0.05) is 0 Å². The Labute approximate surface area is 181 Å². The number of fused-ring (bicyclic) bond motifs is 1. The van der Waals surface area contributed by atoms with Crippen LogP contribution in [0.1, 0.15) is 39.2 Å². The summed E-state index contributed by atoms with van der Waals surface area (Å²) >= 11 is 0. The number of sulfonamides is 1. The molecular formula is C21H29N3O6S. The highest BCUT2D eigenvalue weighted by atomic mass is 32.2. The Balaban J connectivity index is 1.43. The van der Waals surface area contributed by atoms with Crippen LogP contribution in [0.3, 0.4) is 0 Å². The third kappa shape index (κ3) is 4.42. The molecule has 4 rings (SSSR count). The number of hydrogen-bond donors (Lipinski definition) is 0. The molecule has 2 aromatic rings. The lowest BCUT2D eigenvalue weighted by molar-refractivity contribution is -0.136. The van der Waals surface area contributed by atoms with Crippen LogP contribution in [0.15, 0.2) is 32.3 Å². The van der Waals surface area contributed by atoms with Gasteiger partial charge in [0.1, 0.15) is 0 Å². The average Bonchev–Trinajstić information content (AvgIpc) is 3.09. The van der Waals surface area contributed by atoms with Crippen molar-refractivity contribution < 1.29 is 22.4 Å². The fraction of sp³-hybridized carbons (Fsp3) is 0.619. The Morgan fingerprint density at radius 1 is 1.13 bits per heavy atom. The number of ether oxygens (including phenoxy) is 1. The molecule has 0 spiro atoms. The largest absolute Gasteiger partial charge is 0.420 e. The van der Waals surface area contributed by atoms with Crippen molar-refractivity contribution in [2.75, 3.05) is 39.4 Å². The first-order valence-electron chi connectivity index (χ1n) is 10.8. The summed E-state index contributed by atoms with van der Waals surface area (Å²) in [6.07, 6.45) is 1.75. The number of hydrogen-bond acceptors (Lipinski definition) is 6. The summed E-state index contributed by atoms with van der Waals surface area (Å²) < 4.78 is 39.8. The summed E-state index contributed by atoms with van der Waals surface area (Å²) in [5.74, 6) is -0.188. The number of oxazole rings is 1. The molecule has 31 heavy (non-hydrogen) atoms. The molecule has 1 aromatic heterocycles. The topological polar surface area (TPSA) is 102 Å². The van der Waals surface area contributed by atoms with Crippen LogP contribution >= 0.6 is 0 Å². The first kappa shape index (κ1) is 22.0. The number of amides is 1. The Kier molecular flexibility index (Phi) is 6.23. The Morgan fingerprint density at radius 2 is 1.81 bits per heavy atom. The lowest BCUT2D eigenvalue weighted by atomic mass is 9.94. The van der Waals surface area contributed by atoms with E-state index in [1.165, 1.54) is 21.0 Å². The van der Waals surface area contributed by atoms with E-state index >= 15 is 0 Å². The van der Waals surface area contributed by atoms with Crippen molar-refractivity contribution in [1.29, 1.82) is 0 Å². The van der Waals surface area contributed by atoms with E-state index in [-0.39, 0.29) is 28.3 Å². The second kappa shape index (κ2) is 8.76. The van der Waals surface area contributed by atoms with E-state index in [1.54, 1.807) is 6.07 Å². The van der Waals surface area contributed by atoms with E-state index in [9.17, 15) is 18.0 Å². The molecule has 0 unspecified atom stereocenters. The standard InChI is InChI=1S/C21H29N3O6S/c1-15(2)24-18-4-3-17(14-19(18)30-21(24)26)31(27,28)23-7-5-16(6-8-23)13-20(25)22-9-11-29-12-10-22/h3-4,14-16H,5-13H2,1-2H3. The van der Waals surface area contributed by atoms with E-state index in [2.05, 4.69) is 0 Å². The van der Waals surface area contributed by atoms with Crippen molar-refractivity contribution in [2.24, 2.45) is 5.92 Å². The third-order valence-electron chi connectivity index (χ3n) is 6.14. The van der Waals surface area contributed by atoms with Crippen molar-refractivity contribution in [1.82, 2.24) is 13.8 Å². The van der Waals surface area contributed by atoms with Crippen LogP contribution in [0.5, 0.6) is 0 Å². The summed E-state index contributed by atoms with van der Waals surface area (Å²) in [6, 6.07) is 4.50. The zero-order chi connectivity index (χ0) is 22.2. The second-order valence-electron chi connectivity index (χ2n) is 8.51. The molecule has 1 amide bonds. The fourth-order valence-corrected chi connectivity index (χ4v) is 5.84. The number of aromatic nitrogens is 1. The predicted octanol–water partition coefficient (Wildman–Crippen LogP) is 1.83. The van der Waals surface area contributed by atoms with Gasteiger partial charge >= 0.3 is 5.76 Å². The van der Waals surface area contributed by atoms with E-state index < -0.39 is 15.8 Å². The van der Waals surface area contributed by atoms with E-state index in [1.807, 2.05) is 18.7 Å². The highest BCUT2D eigenvalue weighted by Gasteiger charge is 2.31. The first-order valence-corrected chi connectivity index (χ1v) is 12.2. The predicted molar refractivity (Wildman–Crippen MR) is 114 cm³/mol. The van der Waals surface area contributed by atoms with Crippen LogP contribution in [0.4, 0.5) is 0 Å². The van der Waals surface area contributed by atoms with Gasteiger partial charge < -0.3 is 14.1 Å². The molecule has 0 bridgehead atoms. The maximum absolute atomic E-state index is 13.1. The van der Waals surface area contributed by atoms with Crippen molar-refractivity contribution in [2.45, 2.75) is 44.0 Å². The van der Waals surface area contributed by atoms with Crippen LogP contribution in [-0.2, 0) is 19.6 Å². The van der Waals surface area contributed by atoms with Gasteiger partial charge in [-0.25, -0.2) is 13.2 Å². The SMILES string of the molecule is CC(C)n1c(=O)oc2cc(S(=O)(=O)N3CCC(CC(=O)N4CCOCC4)CC3)ccc21. The molecule has 2 aliphatic heterocycles. The molecule has 0 saturated carbocycles. The van der Waals surface area contributed by atoms with Gasteiger partial charge in [0, 0.05) is 44.7 Å². The minimum Gasteiger partial charge on any atom is -0.408 e. The van der Waals surface area contributed by atoms with Crippen molar-refractivity contribution >= 4 is 27.0 Å². The summed E-state index contributed by atoms with van der Waals surface area (Å²) in [5, 5.41) is 0. The maximum atomic E-state index is 13.1. The molecule has 0 N–H and O–H groups in total. The van der Waals surface area contributed by atoms with Crippen LogP contribution in [0, 0.1) is 5.92 Å². The van der Waals surface area contributed by atoms with Crippen molar-refractivity contribution in [3.05, 3.63) is 28.7 Å². The Hall–Kier alpha value is -2.17. The lowest BCUT2D eigenvalue weighted by Crippen LogP contribution is -2.43. The molecule has 2 saturated heterocycles. The minimum atomic E-state index is -3.70. The quantitative estimate of drug-likeness (QED) is 0.687. The molecule has 0 radical (unpaired) electrons. The summed E-state index contributed by atoms with van der Waals surface area (Å²) in [5.41, 5.74) is 0.852. The molecule has 9 nitrogen and oxygen atoms in total. The van der Waals surface area contributed by atoms with E-state index in [0.29, 0.717) is 64.2 Å². The van der Waals surface area contributed by atoms with E-state index in [0.717, 1.165) is 0 Å². The van der Waals surface area contributed by atoms with Crippen LogP contribution in [0.25, 0.3) is 11.1 Å². The summed E-state index contributed by atoms with van der Waals surface area (Å²) in [7, 11) is -3.70. The lowest BCUT2D eigenvalue weighted by Gasteiger charge is -2.33. The highest BCUT2D eigenvalue weighted by Crippen LogP contribution is 2.28. The van der Waals surface area contributed by atoms with Gasteiger partial charge in [-0.3, -0.25) is 9.36 Å². The molecule has 3 heterocycles. The van der Waals surface area contributed by atoms with Crippen molar-refractivity contribution in [3.8, 4) is 0 Å². The number of morpholine rings is 1. The minimum absolute atomic E-state index is 0.0876. The first-order chi connectivity index (χ1) is 14.8. The number of carbonyl (C=O) groups excluding carboxylic acids is 1. The number of piperidine rings is 1. The van der Waals surface area contributed by atoms with Gasteiger partial charge in [0.25, 0.3) is 0 Å². The highest BCUT2D eigenvalue weighted by molar-refractivity contribution is 7.89. The normalized spacial score (nSPS) is 19.4. The van der Waals surface area contributed by atoms with Gasteiger partial charge in [0.2, 0.25) is 15.9 Å². The molecule has 1 aromatic carbocycles. The zero-order valence-electron chi connectivity index (χ0n) is 18.0. The molecule has 0 atom stereocenters. The van der Waals surface area contributed by atoms with Gasteiger partial charge in [-0.2, -0.15) is 4.31 Å². The summed E-state index contributed by atoms with van der Waals surface area (Å²) in [6.45, 7) is 6.90.